The Morgan fingerprint density at radius 1 is 1.25 bits per heavy atom. The van der Waals surface area contributed by atoms with Crippen LogP contribution in [0.1, 0.15) is 25.8 Å². The van der Waals surface area contributed by atoms with Gasteiger partial charge in [-0.05, 0) is 18.7 Å². The van der Waals surface area contributed by atoms with Crippen LogP contribution in [0.3, 0.4) is 0 Å². The lowest BCUT2D eigenvalue weighted by Gasteiger charge is -2.39. The predicted octanol–water partition coefficient (Wildman–Crippen LogP) is 2.02. The molecular formula is C16H25NO3. The van der Waals surface area contributed by atoms with Crippen molar-refractivity contribution < 1.29 is 14.6 Å². The molecule has 1 N–H and O–H groups in total. The molecule has 1 heterocycles. The van der Waals surface area contributed by atoms with Crippen LogP contribution in [0.2, 0.25) is 0 Å². The van der Waals surface area contributed by atoms with Gasteiger partial charge in [-0.1, -0.05) is 44.2 Å². The number of aliphatic hydroxyl groups excluding tert-OH is 1. The maximum absolute atomic E-state index is 10.1. The third-order valence-electron chi connectivity index (χ3n) is 3.89. The zero-order valence-electron chi connectivity index (χ0n) is 12.4. The van der Waals surface area contributed by atoms with Crippen LogP contribution < -0.4 is 0 Å². The van der Waals surface area contributed by atoms with Crippen LogP contribution in [0.15, 0.2) is 30.3 Å². The molecule has 112 valence electrons. The van der Waals surface area contributed by atoms with Gasteiger partial charge in [0.25, 0.3) is 0 Å². The fraction of sp³-hybridized carbons (Fsp3) is 0.625. The summed E-state index contributed by atoms with van der Waals surface area (Å²) in [6.45, 7) is 7.00. The monoisotopic (exact) mass is 279 g/mol. The number of rotatable bonds is 6. The Kier molecular flexibility index (Phi) is 5.98. The Morgan fingerprint density at radius 3 is 2.60 bits per heavy atom. The highest BCUT2D eigenvalue weighted by Gasteiger charge is 2.33. The topological polar surface area (TPSA) is 41.9 Å². The lowest BCUT2D eigenvalue weighted by molar-refractivity contribution is -0.211. The van der Waals surface area contributed by atoms with E-state index in [1.165, 1.54) is 0 Å². The fourth-order valence-electron chi connectivity index (χ4n) is 2.70. The van der Waals surface area contributed by atoms with E-state index in [9.17, 15) is 5.11 Å². The summed E-state index contributed by atoms with van der Waals surface area (Å²) in [5.41, 5.74) is 1.14. The molecule has 2 rings (SSSR count). The second kappa shape index (κ2) is 7.74. The smallest absolute Gasteiger partial charge is 0.159 e. The first kappa shape index (κ1) is 15.4. The zero-order valence-corrected chi connectivity index (χ0v) is 12.4. The predicted molar refractivity (Wildman–Crippen MR) is 78.3 cm³/mol. The first-order valence-electron chi connectivity index (χ1n) is 7.43. The molecule has 0 unspecified atom stereocenters. The number of hydrogen-bond acceptors (Lipinski definition) is 4. The van der Waals surface area contributed by atoms with Gasteiger partial charge in [0.2, 0.25) is 0 Å². The summed E-state index contributed by atoms with van der Waals surface area (Å²) in [5, 5.41) is 10.1. The largest absolute Gasteiger partial charge is 0.389 e. The summed E-state index contributed by atoms with van der Waals surface area (Å²) in [5.74, 6) is 0. The molecule has 4 nitrogen and oxygen atoms in total. The van der Waals surface area contributed by atoms with Crippen molar-refractivity contribution in [2.75, 3.05) is 19.7 Å². The van der Waals surface area contributed by atoms with Crippen molar-refractivity contribution in [2.24, 2.45) is 0 Å². The molecule has 1 aliphatic heterocycles. The molecule has 0 bridgehead atoms. The molecule has 0 amide bonds. The lowest BCUT2D eigenvalue weighted by Crippen LogP contribution is -2.51. The Hall–Kier alpha value is -0.940. The minimum Gasteiger partial charge on any atom is -0.389 e. The van der Waals surface area contributed by atoms with E-state index < -0.39 is 6.10 Å². The SMILES string of the molecule is CCN(CC)[C@@H]1C[C@H](OCc2ccccc2)OC[C@H]1O. The molecule has 20 heavy (non-hydrogen) atoms. The van der Waals surface area contributed by atoms with Crippen molar-refractivity contribution in [3.8, 4) is 0 Å². The molecule has 0 radical (unpaired) electrons. The van der Waals surface area contributed by atoms with Gasteiger partial charge < -0.3 is 14.6 Å². The number of likely N-dealkylation sites (N-methyl/N-ethyl adjacent to an activating group) is 1. The molecule has 4 heteroatoms. The van der Waals surface area contributed by atoms with Gasteiger partial charge >= 0.3 is 0 Å². The highest BCUT2D eigenvalue weighted by Crippen LogP contribution is 2.21. The van der Waals surface area contributed by atoms with Crippen LogP contribution in [-0.2, 0) is 16.1 Å². The quantitative estimate of drug-likeness (QED) is 0.865. The standard InChI is InChI=1S/C16H25NO3/c1-3-17(4-2)14-10-16(20-12-15(14)18)19-11-13-8-6-5-7-9-13/h5-9,14-16,18H,3-4,10-12H2,1-2H3/t14-,15-,16-/m1/s1. The molecule has 0 saturated carbocycles. The van der Waals surface area contributed by atoms with Crippen LogP contribution in [-0.4, -0.2) is 48.1 Å². The fourth-order valence-corrected chi connectivity index (χ4v) is 2.70. The third-order valence-corrected chi connectivity index (χ3v) is 3.89. The van der Waals surface area contributed by atoms with Crippen molar-refractivity contribution in [3.05, 3.63) is 35.9 Å². The lowest BCUT2D eigenvalue weighted by atomic mass is 10.0. The molecule has 1 aromatic carbocycles. The number of ether oxygens (including phenoxy) is 2. The van der Waals surface area contributed by atoms with Crippen LogP contribution in [0.4, 0.5) is 0 Å². The van der Waals surface area contributed by atoms with E-state index >= 15 is 0 Å². The van der Waals surface area contributed by atoms with E-state index in [2.05, 4.69) is 18.7 Å². The van der Waals surface area contributed by atoms with E-state index in [0.29, 0.717) is 13.2 Å². The van der Waals surface area contributed by atoms with Crippen LogP contribution in [0, 0.1) is 0 Å². The summed E-state index contributed by atoms with van der Waals surface area (Å²) in [4.78, 5) is 2.27. The first-order chi connectivity index (χ1) is 9.74. The highest BCUT2D eigenvalue weighted by molar-refractivity contribution is 5.13. The zero-order chi connectivity index (χ0) is 14.4. The first-order valence-corrected chi connectivity index (χ1v) is 7.43. The highest BCUT2D eigenvalue weighted by atomic mass is 16.7. The minimum absolute atomic E-state index is 0.125. The normalized spacial score (nSPS) is 26.9. The van der Waals surface area contributed by atoms with Gasteiger partial charge in [-0.3, -0.25) is 4.90 Å². The molecular weight excluding hydrogens is 254 g/mol. The van der Waals surface area contributed by atoms with Crippen molar-refractivity contribution in [1.82, 2.24) is 4.90 Å². The summed E-state index contributed by atoms with van der Waals surface area (Å²) in [7, 11) is 0. The van der Waals surface area contributed by atoms with E-state index in [1.54, 1.807) is 0 Å². The average Bonchev–Trinajstić information content (AvgIpc) is 2.50. The summed E-state index contributed by atoms with van der Waals surface area (Å²) >= 11 is 0. The van der Waals surface area contributed by atoms with Crippen LogP contribution in [0.25, 0.3) is 0 Å². The summed E-state index contributed by atoms with van der Waals surface area (Å²) in [6, 6.07) is 10.2. The molecule has 3 atom stereocenters. The molecule has 0 aromatic heterocycles. The maximum Gasteiger partial charge on any atom is 0.159 e. The maximum atomic E-state index is 10.1. The average molecular weight is 279 g/mol. The van der Waals surface area contributed by atoms with E-state index in [0.717, 1.165) is 25.1 Å². The molecule has 1 fully saturated rings. The number of benzene rings is 1. The molecule has 1 aliphatic rings. The molecule has 1 aromatic rings. The number of nitrogens with zero attached hydrogens (tertiary/aromatic N) is 1. The second-order valence-corrected chi connectivity index (χ2v) is 5.15. The van der Waals surface area contributed by atoms with E-state index in [1.807, 2.05) is 30.3 Å². The van der Waals surface area contributed by atoms with Gasteiger partial charge in [-0.25, -0.2) is 0 Å². The Labute approximate surface area is 121 Å². The molecule has 1 saturated heterocycles. The van der Waals surface area contributed by atoms with Crippen molar-refractivity contribution >= 4 is 0 Å². The van der Waals surface area contributed by atoms with E-state index in [-0.39, 0.29) is 12.3 Å². The van der Waals surface area contributed by atoms with Gasteiger partial charge in [0, 0.05) is 12.5 Å². The number of aliphatic hydroxyl groups is 1. The summed E-state index contributed by atoms with van der Waals surface area (Å²) < 4.78 is 11.4. The van der Waals surface area contributed by atoms with Gasteiger partial charge in [-0.15, -0.1) is 0 Å². The van der Waals surface area contributed by atoms with Crippen LogP contribution >= 0.6 is 0 Å². The van der Waals surface area contributed by atoms with Gasteiger partial charge in [-0.2, -0.15) is 0 Å². The Bertz CT molecular complexity index is 381. The second-order valence-electron chi connectivity index (χ2n) is 5.15. The van der Waals surface area contributed by atoms with E-state index in [4.69, 9.17) is 9.47 Å². The third kappa shape index (κ3) is 4.03. The minimum atomic E-state index is -0.425. The Morgan fingerprint density at radius 2 is 1.95 bits per heavy atom. The van der Waals surface area contributed by atoms with Crippen molar-refractivity contribution in [2.45, 2.75) is 45.3 Å². The Balaban J connectivity index is 1.87. The van der Waals surface area contributed by atoms with Gasteiger partial charge in [0.15, 0.2) is 6.29 Å². The molecule has 0 aliphatic carbocycles. The van der Waals surface area contributed by atoms with Crippen molar-refractivity contribution in [3.63, 3.8) is 0 Å². The van der Waals surface area contributed by atoms with Crippen molar-refractivity contribution in [1.29, 1.82) is 0 Å². The van der Waals surface area contributed by atoms with Gasteiger partial charge in [0.05, 0.1) is 19.3 Å². The van der Waals surface area contributed by atoms with Gasteiger partial charge in [0.1, 0.15) is 0 Å². The number of hydrogen-bond donors (Lipinski definition) is 1. The van der Waals surface area contributed by atoms with Crippen LogP contribution in [0.5, 0.6) is 0 Å². The summed E-state index contributed by atoms with van der Waals surface area (Å²) in [6.07, 6.45) is 0.0612. The molecule has 0 spiro atoms.